The lowest BCUT2D eigenvalue weighted by Crippen LogP contribution is -2.25. The van der Waals surface area contributed by atoms with Crippen LogP contribution in [0.5, 0.6) is 0 Å². The molecule has 1 aromatic rings. The molecule has 0 saturated heterocycles. The summed E-state index contributed by atoms with van der Waals surface area (Å²) >= 11 is 0. The maximum Gasteiger partial charge on any atom is 0.156 e. The first kappa shape index (κ1) is 20.0. The smallest absolute Gasteiger partial charge is 0.156 e. The molecular formula is C21H31N5. The van der Waals surface area contributed by atoms with Crippen LogP contribution in [-0.4, -0.2) is 38.4 Å². The molecule has 5 nitrogen and oxygen atoms in total. The summed E-state index contributed by atoms with van der Waals surface area (Å²) < 4.78 is 0. The molecule has 1 unspecified atom stereocenters. The molecule has 1 atom stereocenters. The number of likely N-dealkylation sites (N-methyl/N-ethyl adjacent to an activating group) is 1. The van der Waals surface area contributed by atoms with E-state index in [-0.39, 0.29) is 0 Å². The number of hydrogen-bond acceptors (Lipinski definition) is 4. The maximum absolute atomic E-state index is 4.81. The van der Waals surface area contributed by atoms with Gasteiger partial charge in [-0.15, -0.1) is 0 Å². The first-order valence-corrected chi connectivity index (χ1v) is 9.38. The van der Waals surface area contributed by atoms with Gasteiger partial charge in [-0.1, -0.05) is 31.5 Å². The van der Waals surface area contributed by atoms with Gasteiger partial charge in [-0.2, -0.15) is 0 Å². The molecule has 0 spiro atoms. The van der Waals surface area contributed by atoms with Crippen LogP contribution in [0, 0.1) is 0 Å². The van der Waals surface area contributed by atoms with Gasteiger partial charge in [-0.3, -0.25) is 4.99 Å². The van der Waals surface area contributed by atoms with Crippen LogP contribution in [0.4, 0.5) is 5.69 Å². The summed E-state index contributed by atoms with van der Waals surface area (Å²) in [5, 5.41) is 3.31. The number of aliphatic imine (C=N–C) groups is 3. The minimum Gasteiger partial charge on any atom is -0.324 e. The first-order chi connectivity index (χ1) is 12.6. The lowest BCUT2D eigenvalue weighted by molar-refractivity contribution is 0.652. The Bertz CT molecular complexity index is 715. The second-order valence-corrected chi connectivity index (χ2v) is 6.58. The van der Waals surface area contributed by atoms with E-state index in [2.05, 4.69) is 58.3 Å². The number of nitrogens with zero attached hydrogens (tertiary/aromatic N) is 4. The standard InChI is InChI=1S/C21H31N5/c1-6-10-16(3)25-17(4)21(24-15-23-7-2)26-14-18(13-22-5)19-11-8-9-12-20(19)26/h7-9,11-12,15,18,22H,6,10,13-14H2,1-5H3/b21-17-,23-7?,24-15?,25-16?. The van der Waals surface area contributed by atoms with E-state index >= 15 is 0 Å². The van der Waals surface area contributed by atoms with Crippen molar-refractivity contribution in [1.82, 2.24) is 5.32 Å². The average Bonchev–Trinajstić information content (AvgIpc) is 2.98. The molecule has 0 aliphatic carbocycles. The molecule has 0 amide bonds. The van der Waals surface area contributed by atoms with Gasteiger partial charge in [0.1, 0.15) is 6.34 Å². The monoisotopic (exact) mass is 353 g/mol. The van der Waals surface area contributed by atoms with Gasteiger partial charge in [0.05, 0.1) is 5.70 Å². The van der Waals surface area contributed by atoms with Crippen molar-refractivity contribution in [2.75, 3.05) is 25.0 Å². The molecule has 1 N–H and O–H groups in total. The highest BCUT2D eigenvalue weighted by Gasteiger charge is 2.30. The van der Waals surface area contributed by atoms with Gasteiger partial charge < -0.3 is 10.2 Å². The number of anilines is 1. The van der Waals surface area contributed by atoms with Crippen molar-refractivity contribution in [3.63, 3.8) is 0 Å². The van der Waals surface area contributed by atoms with Crippen LogP contribution in [0.3, 0.4) is 0 Å². The summed E-state index contributed by atoms with van der Waals surface area (Å²) in [5.74, 6) is 1.31. The fourth-order valence-electron chi connectivity index (χ4n) is 3.38. The molecule has 0 aromatic heterocycles. The largest absolute Gasteiger partial charge is 0.324 e. The summed E-state index contributed by atoms with van der Waals surface area (Å²) in [5.41, 5.74) is 4.63. The Kier molecular flexibility index (Phi) is 7.73. The zero-order chi connectivity index (χ0) is 18.9. The second-order valence-electron chi connectivity index (χ2n) is 6.58. The third-order valence-electron chi connectivity index (χ3n) is 4.47. The zero-order valence-electron chi connectivity index (χ0n) is 16.7. The number of hydrogen-bond donors (Lipinski definition) is 1. The molecule has 26 heavy (non-hydrogen) atoms. The SMILES string of the molecule is CC=NC=N/C(=C(\C)N=C(C)CCC)N1CC(CNC)c2ccccc21. The van der Waals surface area contributed by atoms with Crippen molar-refractivity contribution in [1.29, 1.82) is 0 Å². The number of nitrogens with one attached hydrogen (secondary N) is 1. The van der Waals surface area contributed by atoms with Gasteiger partial charge in [0.2, 0.25) is 0 Å². The topological polar surface area (TPSA) is 52.4 Å². The fourth-order valence-corrected chi connectivity index (χ4v) is 3.38. The van der Waals surface area contributed by atoms with Crippen molar-refractivity contribution in [3.05, 3.63) is 41.3 Å². The average molecular weight is 354 g/mol. The molecule has 0 saturated carbocycles. The highest BCUT2D eigenvalue weighted by molar-refractivity contribution is 5.83. The minimum atomic E-state index is 0.435. The van der Waals surface area contributed by atoms with Crippen molar-refractivity contribution in [3.8, 4) is 0 Å². The van der Waals surface area contributed by atoms with E-state index in [1.54, 1.807) is 12.6 Å². The first-order valence-electron chi connectivity index (χ1n) is 9.38. The van der Waals surface area contributed by atoms with Crippen LogP contribution in [0.15, 0.2) is 50.8 Å². The summed E-state index contributed by atoms with van der Waals surface area (Å²) in [4.78, 5) is 15.9. The van der Waals surface area contributed by atoms with E-state index in [1.165, 1.54) is 11.3 Å². The normalized spacial score (nSPS) is 18.7. The highest BCUT2D eigenvalue weighted by Crippen LogP contribution is 2.39. The van der Waals surface area contributed by atoms with Crippen LogP contribution < -0.4 is 10.2 Å². The third-order valence-corrected chi connectivity index (χ3v) is 4.47. The number of allylic oxidation sites excluding steroid dienone is 1. The fraction of sp³-hybridized carbons (Fsp3) is 0.476. The zero-order valence-corrected chi connectivity index (χ0v) is 16.7. The van der Waals surface area contributed by atoms with Crippen molar-refractivity contribution >= 4 is 24.0 Å². The molecule has 140 valence electrons. The molecule has 5 heteroatoms. The number of benzene rings is 1. The molecule has 1 aliphatic rings. The highest BCUT2D eigenvalue weighted by atomic mass is 15.3. The van der Waals surface area contributed by atoms with Crippen LogP contribution in [-0.2, 0) is 0 Å². The Morgan fingerprint density at radius 3 is 2.77 bits per heavy atom. The van der Waals surface area contributed by atoms with E-state index in [4.69, 9.17) is 4.99 Å². The minimum absolute atomic E-state index is 0.435. The number of para-hydroxylation sites is 1. The van der Waals surface area contributed by atoms with Crippen LogP contribution >= 0.6 is 0 Å². The Hall–Kier alpha value is -2.27. The van der Waals surface area contributed by atoms with E-state index in [9.17, 15) is 0 Å². The van der Waals surface area contributed by atoms with Gasteiger partial charge in [0.25, 0.3) is 0 Å². The molecule has 0 bridgehead atoms. The Balaban J connectivity index is 2.47. The van der Waals surface area contributed by atoms with Gasteiger partial charge >= 0.3 is 0 Å². The van der Waals surface area contributed by atoms with E-state index < -0.39 is 0 Å². The molecule has 0 radical (unpaired) electrons. The van der Waals surface area contributed by atoms with E-state index in [0.29, 0.717) is 5.92 Å². The second kappa shape index (κ2) is 10.0. The Morgan fingerprint density at radius 2 is 2.08 bits per heavy atom. The maximum atomic E-state index is 4.81. The molecule has 1 aliphatic heterocycles. The Labute approximate surface area is 157 Å². The number of rotatable bonds is 8. The molecule has 1 aromatic carbocycles. The summed E-state index contributed by atoms with van der Waals surface area (Å²) in [6.45, 7) is 10.0. The predicted octanol–water partition coefficient (Wildman–Crippen LogP) is 4.38. The number of fused-ring (bicyclic) bond motifs is 1. The van der Waals surface area contributed by atoms with Crippen LogP contribution in [0.2, 0.25) is 0 Å². The predicted molar refractivity (Wildman–Crippen MR) is 114 cm³/mol. The van der Waals surface area contributed by atoms with Crippen LogP contribution in [0.25, 0.3) is 0 Å². The van der Waals surface area contributed by atoms with Gasteiger partial charge in [0.15, 0.2) is 5.82 Å². The van der Waals surface area contributed by atoms with Gasteiger partial charge in [-0.05, 0) is 45.9 Å². The van der Waals surface area contributed by atoms with E-state index in [1.807, 2.05) is 20.9 Å². The lowest BCUT2D eigenvalue weighted by Gasteiger charge is -2.21. The summed E-state index contributed by atoms with van der Waals surface area (Å²) in [6, 6.07) is 8.57. The quantitative estimate of drug-likeness (QED) is 0.557. The Morgan fingerprint density at radius 1 is 1.31 bits per heavy atom. The molecule has 2 rings (SSSR count). The van der Waals surface area contributed by atoms with Crippen LogP contribution in [0.1, 0.15) is 52.0 Å². The summed E-state index contributed by atoms with van der Waals surface area (Å²) in [7, 11) is 2.00. The summed E-state index contributed by atoms with van der Waals surface area (Å²) in [6.07, 6.45) is 5.44. The lowest BCUT2D eigenvalue weighted by atomic mass is 10.0. The third kappa shape index (κ3) is 4.88. The molecule has 0 fully saturated rings. The van der Waals surface area contributed by atoms with Crippen molar-refractivity contribution in [2.45, 2.75) is 46.5 Å². The van der Waals surface area contributed by atoms with Crippen molar-refractivity contribution in [2.24, 2.45) is 15.0 Å². The van der Waals surface area contributed by atoms with Gasteiger partial charge in [-0.25, -0.2) is 9.98 Å². The molecular weight excluding hydrogens is 322 g/mol. The molecule has 1 heterocycles. The van der Waals surface area contributed by atoms with Crippen molar-refractivity contribution < 1.29 is 0 Å². The van der Waals surface area contributed by atoms with Gasteiger partial charge in [0, 0.05) is 36.6 Å². The van der Waals surface area contributed by atoms with E-state index in [0.717, 1.165) is 43.2 Å².